The van der Waals surface area contributed by atoms with Gasteiger partial charge >= 0.3 is 0 Å². The molecule has 2 aromatic carbocycles. The zero-order valence-corrected chi connectivity index (χ0v) is 17.1. The highest BCUT2D eigenvalue weighted by atomic mass is 35.5. The van der Waals surface area contributed by atoms with E-state index in [0.29, 0.717) is 13.0 Å². The number of benzene rings is 2. The number of halogens is 2. The summed E-state index contributed by atoms with van der Waals surface area (Å²) in [6, 6.07) is 9.61. The van der Waals surface area contributed by atoms with Crippen molar-refractivity contribution < 1.29 is 22.3 Å². The van der Waals surface area contributed by atoms with E-state index in [1.165, 1.54) is 18.2 Å². The van der Waals surface area contributed by atoms with Crippen molar-refractivity contribution in [1.82, 2.24) is 4.72 Å². The number of ether oxygens (including phenoxy) is 1. The van der Waals surface area contributed by atoms with Crippen LogP contribution < -0.4 is 10.0 Å². The van der Waals surface area contributed by atoms with Crippen molar-refractivity contribution in [3.63, 3.8) is 0 Å². The highest BCUT2D eigenvalue weighted by molar-refractivity contribution is 7.89. The van der Waals surface area contributed by atoms with Gasteiger partial charge in [0, 0.05) is 13.2 Å². The van der Waals surface area contributed by atoms with Crippen molar-refractivity contribution in [2.24, 2.45) is 0 Å². The maximum Gasteiger partial charge on any atom is 0.257 e. The molecule has 0 aliphatic rings. The molecule has 0 spiro atoms. The van der Waals surface area contributed by atoms with E-state index in [-0.39, 0.29) is 33.8 Å². The summed E-state index contributed by atoms with van der Waals surface area (Å²) in [6.45, 7) is 4.36. The lowest BCUT2D eigenvalue weighted by Crippen LogP contribution is -2.26. The maximum atomic E-state index is 14.3. The van der Waals surface area contributed by atoms with Gasteiger partial charge in [0.15, 0.2) is 0 Å². The molecular formula is C19H22ClFN2O4S. The van der Waals surface area contributed by atoms with Crippen LogP contribution in [0.25, 0.3) is 0 Å². The molecule has 152 valence electrons. The third kappa shape index (κ3) is 6.27. The first-order chi connectivity index (χ1) is 13.2. The lowest BCUT2D eigenvalue weighted by molar-refractivity contribution is 0.0778. The number of sulfonamides is 1. The number of amides is 1. The molecule has 0 aliphatic heterocycles. The summed E-state index contributed by atoms with van der Waals surface area (Å²) in [5.74, 6) is -1.46. The average molecular weight is 429 g/mol. The Morgan fingerprint density at radius 1 is 1.21 bits per heavy atom. The zero-order valence-electron chi connectivity index (χ0n) is 15.5. The zero-order chi connectivity index (χ0) is 20.7. The lowest BCUT2D eigenvalue weighted by Gasteiger charge is -2.11. The Kier molecular flexibility index (Phi) is 7.94. The molecule has 2 aromatic rings. The van der Waals surface area contributed by atoms with Crippen molar-refractivity contribution in [3.05, 3.63) is 58.9 Å². The molecule has 0 saturated heterocycles. The van der Waals surface area contributed by atoms with Crippen LogP contribution in [0.4, 0.5) is 10.1 Å². The summed E-state index contributed by atoms with van der Waals surface area (Å²) in [6.07, 6.45) is 0.561. The first-order valence-electron chi connectivity index (χ1n) is 8.67. The SMILES string of the molecule is CC(C)OCCCNS(=O)(=O)c1ccc(NC(=O)c2ccccc2Cl)c(F)c1. The molecule has 0 aliphatic carbocycles. The Balaban J connectivity index is 2.03. The van der Waals surface area contributed by atoms with E-state index < -0.39 is 21.7 Å². The highest BCUT2D eigenvalue weighted by Crippen LogP contribution is 2.21. The Morgan fingerprint density at radius 3 is 2.57 bits per heavy atom. The second-order valence-corrected chi connectivity index (χ2v) is 8.42. The van der Waals surface area contributed by atoms with Crippen LogP contribution in [0.15, 0.2) is 47.4 Å². The summed E-state index contributed by atoms with van der Waals surface area (Å²) in [4.78, 5) is 12.0. The standard InChI is InChI=1S/C19H22ClFN2O4S/c1-13(2)27-11-5-10-22-28(25,26)14-8-9-18(17(21)12-14)23-19(24)15-6-3-4-7-16(15)20/h3-4,6-9,12-13,22H,5,10-11H2,1-2H3,(H,23,24). The van der Waals surface area contributed by atoms with E-state index in [9.17, 15) is 17.6 Å². The largest absolute Gasteiger partial charge is 0.379 e. The van der Waals surface area contributed by atoms with E-state index in [1.807, 2.05) is 13.8 Å². The third-order valence-corrected chi connectivity index (χ3v) is 5.47. The quantitative estimate of drug-likeness (QED) is 0.594. The van der Waals surface area contributed by atoms with Crippen LogP contribution in [-0.2, 0) is 14.8 Å². The van der Waals surface area contributed by atoms with Gasteiger partial charge in [-0.1, -0.05) is 23.7 Å². The van der Waals surface area contributed by atoms with Gasteiger partial charge in [-0.2, -0.15) is 0 Å². The maximum absolute atomic E-state index is 14.3. The second-order valence-electron chi connectivity index (χ2n) is 6.25. The minimum atomic E-state index is -3.87. The highest BCUT2D eigenvalue weighted by Gasteiger charge is 2.18. The molecule has 2 rings (SSSR count). The van der Waals surface area contributed by atoms with Crippen LogP contribution in [0.5, 0.6) is 0 Å². The van der Waals surface area contributed by atoms with Crippen molar-refractivity contribution >= 4 is 33.2 Å². The summed E-state index contributed by atoms with van der Waals surface area (Å²) in [7, 11) is -3.87. The van der Waals surface area contributed by atoms with E-state index >= 15 is 0 Å². The fraction of sp³-hybridized carbons (Fsp3) is 0.316. The van der Waals surface area contributed by atoms with Crippen molar-refractivity contribution in [2.75, 3.05) is 18.5 Å². The lowest BCUT2D eigenvalue weighted by atomic mass is 10.2. The molecule has 0 heterocycles. The Hall–Kier alpha value is -2.00. The molecule has 6 nitrogen and oxygen atoms in total. The Labute approximate surface area is 169 Å². The molecule has 1 amide bonds. The predicted octanol–water partition coefficient (Wildman–Crippen LogP) is 3.82. The van der Waals surface area contributed by atoms with Gasteiger partial charge in [-0.25, -0.2) is 17.5 Å². The number of carbonyl (C=O) groups excluding carboxylic acids is 1. The van der Waals surface area contributed by atoms with Crippen LogP contribution in [-0.4, -0.2) is 33.6 Å². The molecule has 9 heteroatoms. The molecule has 2 N–H and O–H groups in total. The number of nitrogens with one attached hydrogen (secondary N) is 2. The monoisotopic (exact) mass is 428 g/mol. The number of hydrogen-bond donors (Lipinski definition) is 2. The molecule has 0 atom stereocenters. The fourth-order valence-electron chi connectivity index (χ4n) is 2.28. The molecule has 0 radical (unpaired) electrons. The van der Waals surface area contributed by atoms with Gasteiger partial charge in [0.05, 0.1) is 27.3 Å². The molecule has 0 saturated carbocycles. The van der Waals surface area contributed by atoms with Crippen LogP contribution in [0.2, 0.25) is 5.02 Å². The number of hydrogen-bond acceptors (Lipinski definition) is 4. The topological polar surface area (TPSA) is 84.5 Å². The van der Waals surface area contributed by atoms with Gasteiger partial charge in [0.25, 0.3) is 5.91 Å². The van der Waals surface area contributed by atoms with E-state index in [2.05, 4.69) is 10.0 Å². The minimum absolute atomic E-state index is 0.0687. The molecule has 0 unspecified atom stereocenters. The Bertz CT molecular complexity index is 935. The van der Waals surface area contributed by atoms with Gasteiger partial charge < -0.3 is 10.1 Å². The van der Waals surface area contributed by atoms with Crippen LogP contribution in [0.1, 0.15) is 30.6 Å². The van der Waals surface area contributed by atoms with E-state index in [4.69, 9.17) is 16.3 Å². The number of anilines is 1. The molecule has 0 bridgehead atoms. The smallest absolute Gasteiger partial charge is 0.257 e. The van der Waals surface area contributed by atoms with Crippen LogP contribution >= 0.6 is 11.6 Å². The minimum Gasteiger partial charge on any atom is -0.379 e. The molecule has 28 heavy (non-hydrogen) atoms. The van der Waals surface area contributed by atoms with E-state index in [0.717, 1.165) is 6.07 Å². The first kappa shape index (κ1) is 22.3. The Morgan fingerprint density at radius 2 is 1.93 bits per heavy atom. The predicted molar refractivity (Wildman–Crippen MR) is 107 cm³/mol. The second kappa shape index (κ2) is 9.97. The molecular weight excluding hydrogens is 407 g/mol. The van der Waals surface area contributed by atoms with Gasteiger partial charge in [-0.3, -0.25) is 4.79 Å². The van der Waals surface area contributed by atoms with Gasteiger partial charge in [0.2, 0.25) is 10.0 Å². The van der Waals surface area contributed by atoms with Crippen LogP contribution in [0.3, 0.4) is 0 Å². The number of rotatable bonds is 9. The van der Waals surface area contributed by atoms with E-state index in [1.54, 1.807) is 18.2 Å². The normalized spacial score (nSPS) is 11.6. The average Bonchev–Trinajstić information content (AvgIpc) is 2.63. The van der Waals surface area contributed by atoms with Crippen molar-refractivity contribution in [1.29, 1.82) is 0 Å². The third-order valence-electron chi connectivity index (χ3n) is 3.68. The van der Waals surface area contributed by atoms with Crippen molar-refractivity contribution in [3.8, 4) is 0 Å². The summed E-state index contributed by atoms with van der Waals surface area (Å²) in [5, 5.41) is 2.61. The van der Waals surface area contributed by atoms with Crippen molar-refractivity contribution in [2.45, 2.75) is 31.3 Å². The fourth-order valence-corrected chi connectivity index (χ4v) is 3.59. The molecule has 0 fully saturated rings. The van der Waals surface area contributed by atoms with Crippen LogP contribution in [0, 0.1) is 5.82 Å². The first-order valence-corrected chi connectivity index (χ1v) is 10.5. The summed E-state index contributed by atoms with van der Waals surface area (Å²) in [5.41, 5.74) is 0.0414. The van der Waals surface area contributed by atoms with Gasteiger partial charge in [0.1, 0.15) is 5.82 Å². The van der Waals surface area contributed by atoms with Gasteiger partial charge in [-0.05, 0) is 50.6 Å². The number of carbonyl (C=O) groups is 1. The molecule has 0 aromatic heterocycles. The summed E-state index contributed by atoms with van der Waals surface area (Å²) >= 11 is 5.95. The van der Waals surface area contributed by atoms with Gasteiger partial charge in [-0.15, -0.1) is 0 Å². The summed E-state index contributed by atoms with van der Waals surface area (Å²) < 4.78 is 46.6.